The van der Waals surface area contributed by atoms with Crippen LogP contribution in [0.25, 0.3) is 0 Å². The predicted molar refractivity (Wildman–Crippen MR) is 127 cm³/mol. The SMILES string of the molecule is CN=C(c1ccc(C(=O)Nc2ccc(Cl)cc2C(=O)Nc2ccc(Cl)cn2)c(F)c1)N1CC1. The fourth-order valence-corrected chi connectivity index (χ4v) is 3.47. The Labute approximate surface area is 199 Å². The van der Waals surface area contributed by atoms with Crippen LogP contribution in [0, 0.1) is 5.82 Å². The second-order valence-electron chi connectivity index (χ2n) is 7.19. The molecule has 0 atom stereocenters. The molecule has 3 aromatic rings. The van der Waals surface area contributed by atoms with Crippen molar-refractivity contribution in [3.05, 3.63) is 87.3 Å². The van der Waals surface area contributed by atoms with Crippen molar-refractivity contribution >= 4 is 52.4 Å². The van der Waals surface area contributed by atoms with E-state index in [-0.39, 0.29) is 22.6 Å². The van der Waals surface area contributed by atoms with E-state index in [4.69, 9.17) is 23.2 Å². The maximum atomic E-state index is 14.8. The monoisotopic (exact) mass is 485 g/mol. The summed E-state index contributed by atoms with van der Waals surface area (Å²) in [6.45, 7) is 1.73. The maximum absolute atomic E-state index is 14.8. The third kappa shape index (κ3) is 5.30. The van der Waals surface area contributed by atoms with Gasteiger partial charge in [0.15, 0.2) is 0 Å². The Morgan fingerprint density at radius 2 is 1.70 bits per heavy atom. The lowest BCUT2D eigenvalue weighted by Gasteiger charge is -2.13. The number of nitrogens with one attached hydrogen (secondary N) is 2. The number of aromatic nitrogens is 1. The zero-order valence-electron chi connectivity index (χ0n) is 17.4. The van der Waals surface area contributed by atoms with E-state index < -0.39 is 17.6 Å². The van der Waals surface area contributed by atoms with Crippen LogP contribution in [0.3, 0.4) is 0 Å². The van der Waals surface area contributed by atoms with Crippen LogP contribution in [0.2, 0.25) is 10.0 Å². The number of pyridine rings is 1. The summed E-state index contributed by atoms with van der Waals surface area (Å²) >= 11 is 11.9. The first-order valence-corrected chi connectivity index (χ1v) is 10.7. The van der Waals surface area contributed by atoms with E-state index in [0.29, 0.717) is 21.4 Å². The van der Waals surface area contributed by atoms with Crippen LogP contribution < -0.4 is 10.6 Å². The Hall–Kier alpha value is -3.49. The number of rotatable bonds is 5. The van der Waals surface area contributed by atoms with Crippen molar-refractivity contribution in [3.63, 3.8) is 0 Å². The number of anilines is 2. The standard InChI is InChI=1S/C23H18Cl2FN5O2/c1-27-21(31-8-9-31)13-2-5-16(18(26)10-13)22(32)29-19-6-3-14(24)11-17(19)23(33)30-20-7-4-15(25)12-28-20/h2-7,10-12H,8-9H2,1H3,(H,29,32)(H,28,30,33). The number of carbonyl (C=O) groups excluding carboxylic acids is 2. The number of hydrogen-bond acceptors (Lipinski definition) is 4. The van der Waals surface area contributed by atoms with Crippen LogP contribution in [0.1, 0.15) is 26.3 Å². The minimum Gasteiger partial charge on any atom is -0.353 e. The first kappa shape index (κ1) is 22.7. The van der Waals surface area contributed by atoms with Gasteiger partial charge in [-0.25, -0.2) is 9.37 Å². The number of aliphatic imine (C=N–C) groups is 1. The smallest absolute Gasteiger partial charge is 0.258 e. The van der Waals surface area contributed by atoms with Gasteiger partial charge >= 0.3 is 0 Å². The summed E-state index contributed by atoms with van der Waals surface area (Å²) < 4.78 is 14.8. The van der Waals surface area contributed by atoms with Crippen molar-refractivity contribution in [3.8, 4) is 0 Å². The lowest BCUT2D eigenvalue weighted by atomic mass is 10.1. The van der Waals surface area contributed by atoms with Gasteiger partial charge in [0.1, 0.15) is 17.5 Å². The van der Waals surface area contributed by atoms with Gasteiger partial charge in [-0.3, -0.25) is 14.6 Å². The first-order valence-electron chi connectivity index (χ1n) is 9.91. The number of halogens is 3. The van der Waals surface area contributed by atoms with Gasteiger partial charge in [0.2, 0.25) is 0 Å². The molecule has 2 N–H and O–H groups in total. The summed E-state index contributed by atoms with van der Waals surface area (Å²) in [6, 6.07) is 11.8. The second kappa shape index (κ2) is 9.56. The zero-order valence-corrected chi connectivity index (χ0v) is 18.9. The van der Waals surface area contributed by atoms with Gasteiger partial charge in [-0.15, -0.1) is 0 Å². The van der Waals surface area contributed by atoms with Crippen molar-refractivity contribution in [1.29, 1.82) is 0 Å². The molecule has 1 saturated heterocycles. The quantitative estimate of drug-likeness (QED) is 0.310. The van der Waals surface area contributed by atoms with Crippen LogP contribution in [0.5, 0.6) is 0 Å². The molecule has 1 aliphatic heterocycles. The van der Waals surface area contributed by atoms with Crippen molar-refractivity contribution in [1.82, 2.24) is 9.88 Å². The van der Waals surface area contributed by atoms with Gasteiger partial charge in [0.05, 0.1) is 21.8 Å². The van der Waals surface area contributed by atoms with Gasteiger partial charge in [0.25, 0.3) is 11.8 Å². The summed E-state index contributed by atoms with van der Waals surface area (Å²) in [5.74, 6) is -1.02. The Kier molecular flexibility index (Phi) is 6.57. The summed E-state index contributed by atoms with van der Waals surface area (Å²) in [7, 11) is 1.64. The van der Waals surface area contributed by atoms with Crippen LogP contribution >= 0.6 is 23.2 Å². The molecule has 7 nitrogen and oxygen atoms in total. The predicted octanol–water partition coefficient (Wildman–Crippen LogP) is 4.72. The Morgan fingerprint density at radius 1 is 0.970 bits per heavy atom. The number of nitrogens with zero attached hydrogens (tertiary/aromatic N) is 3. The number of amidine groups is 1. The topological polar surface area (TPSA) is 86.5 Å². The van der Waals surface area contributed by atoms with Crippen LogP contribution in [0.15, 0.2) is 59.7 Å². The molecule has 0 radical (unpaired) electrons. The van der Waals surface area contributed by atoms with Crippen molar-refractivity contribution in [2.45, 2.75) is 0 Å². The van der Waals surface area contributed by atoms with E-state index >= 15 is 0 Å². The van der Waals surface area contributed by atoms with Gasteiger partial charge < -0.3 is 15.5 Å². The molecule has 168 valence electrons. The van der Waals surface area contributed by atoms with Crippen LogP contribution in [0.4, 0.5) is 15.9 Å². The van der Waals surface area contributed by atoms with E-state index in [1.807, 2.05) is 4.90 Å². The highest BCUT2D eigenvalue weighted by molar-refractivity contribution is 6.31. The Bertz CT molecular complexity index is 1260. The molecule has 0 bridgehead atoms. The third-order valence-electron chi connectivity index (χ3n) is 4.87. The second-order valence-corrected chi connectivity index (χ2v) is 8.06. The molecule has 2 amide bonds. The molecular weight excluding hydrogens is 468 g/mol. The van der Waals surface area contributed by atoms with Crippen LogP contribution in [-0.2, 0) is 0 Å². The van der Waals surface area contributed by atoms with E-state index in [2.05, 4.69) is 20.6 Å². The highest BCUT2D eigenvalue weighted by Crippen LogP contribution is 2.24. The highest BCUT2D eigenvalue weighted by Gasteiger charge is 2.24. The molecule has 10 heteroatoms. The molecule has 4 rings (SSSR count). The molecule has 2 heterocycles. The molecule has 1 aromatic heterocycles. The van der Waals surface area contributed by atoms with Crippen molar-refractivity contribution in [2.75, 3.05) is 30.8 Å². The maximum Gasteiger partial charge on any atom is 0.258 e. The lowest BCUT2D eigenvalue weighted by Crippen LogP contribution is -2.20. The fourth-order valence-electron chi connectivity index (χ4n) is 3.19. The van der Waals surface area contributed by atoms with E-state index in [1.165, 1.54) is 42.6 Å². The van der Waals surface area contributed by atoms with E-state index in [9.17, 15) is 14.0 Å². The Morgan fingerprint density at radius 3 is 2.33 bits per heavy atom. The van der Waals surface area contributed by atoms with Gasteiger partial charge in [-0.05, 0) is 42.5 Å². The minimum atomic E-state index is -0.707. The molecule has 33 heavy (non-hydrogen) atoms. The lowest BCUT2D eigenvalue weighted by molar-refractivity contribution is 0.102. The molecule has 0 unspecified atom stereocenters. The molecule has 1 aliphatic rings. The highest BCUT2D eigenvalue weighted by atomic mass is 35.5. The van der Waals surface area contributed by atoms with E-state index in [0.717, 1.165) is 13.1 Å². The average molecular weight is 486 g/mol. The van der Waals surface area contributed by atoms with Gasteiger partial charge in [-0.2, -0.15) is 0 Å². The molecule has 1 fully saturated rings. The van der Waals surface area contributed by atoms with Crippen molar-refractivity contribution in [2.24, 2.45) is 4.99 Å². The fraction of sp³-hybridized carbons (Fsp3) is 0.130. The largest absolute Gasteiger partial charge is 0.353 e. The Balaban J connectivity index is 1.55. The zero-order chi connectivity index (χ0) is 23.5. The molecular formula is C23H18Cl2FN5O2. The van der Waals surface area contributed by atoms with Gasteiger partial charge in [-0.1, -0.05) is 29.3 Å². The normalized spacial score (nSPS) is 13.0. The number of carbonyl (C=O) groups is 2. The summed E-state index contributed by atoms with van der Waals surface area (Å²) in [6.07, 6.45) is 1.39. The summed E-state index contributed by atoms with van der Waals surface area (Å²) in [5, 5.41) is 5.91. The summed E-state index contributed by atoms with van der Waals surface area (Å²) in [4.78, 5) is 35.8. The average Bonchev–Trinajstić information content (AvgIpc) is 3.62. The van der Waals surface area contributed by atoms with Crippen molar-refractivity contribution < 1.29 is 14.0 Å². The molecule has 0 saturated carbocycles. The number of benzene rings is 2. The number of amides is 2. The molecule has 0 aliphatic carbocycles. The minimum absolute atomic E-state index is 0.0894. The molecule has 2 aromatic carbocycles. The number of hydrogen-bond donors (Lipinski definition) is 2. The molecule has 0 spiro atoms. The van der Waals surface area contributed by atoms with Gasteiger partial charge in [0, 0.05) is 36.9 Å². The first-order chi connectivity index (χ1) is 15.9. The van der Waals surface area contributed by atoms with Crippen LogP contribution in [-0.4, -0.2) is 47.7 Å². The summed E-state index contributed by atoms with van der Waals surface area (Å²) in [5.41, 5.74) is 0.678. The third-order valence-corrected chi connectivity index (χ3v) is 5.33. The van der Waals surface area contributed by atoms with E-state index in [1.54, 1.807) is 19.2 Å².